The van der Waals surface area contributed by atoms with Crippen LogP contribution in [0.4, 0.5) is 0 Å². The summed E-state index contributed by atoms with van der Waals surface area (Å²) in [7, 11) is 0. The maximum absolute atomic E-state index is 11.7. The Balaban J connectivity index is 2.47. The average molecular weight is 277 g/mol. The number of hydrogen-bond acceptors (Lipinski definition) is 4. The SMILES string of the molecule is C=C(C)C(=O)NCCOC(=O)c1cccc(C(=O)O)c1. The molecule has 0 saturated carbocycles. The van der Waals surface area contributed by atoms with E-state index in [2.05, 4.69) is 11.9 Å². The van der Waals surface area contributed by atoms with E-state index >= 15 is 0 Å². The fraction of sp³-hybridized carbons (Fsp3) is 0.214. The fourth-order valence-corrected chi connectivity index (χ4v) is 1.32. The number of esters is 1. The van der Waals surface area contributed by atoms with Crippen molar-refractivity contribution in [3.05, 3.63) is 47.5 Å². The van der Waals surface area contributed by atoms with Crippen molar-refractivity contribution in [1.82, 2.24) is 5.32 Å². The minimum atomic E-state index is -1.12. The Morgan fingerprint density at radius 3 is 2.55 bits per heavy atom. The van der Waals surface area contributed by atoms with E-state index in [1.165, 1.54) is 24.3 Å². The average Bonchev–Trinajstić information content (AvgIpc) is 2.43. The molecule has 0 aliphatic heterocycles. The van der Waals surface area contributed by atoms with Crippen molar-refractivity contribution in [2.75, 3.05) is 13.2 Å². The van der Waals surface area contributed by atoms with Crippen molar-refractivity contribution in [3.8, 4) is 0 Å². The molecule has 0 aromatic heterocycles. The van der Waals surface area contributed by atoms with Gasteiger partial charge in [-0.3, -0.25) is 4.79 Å². The monoisotopic (exact) mass is 277 g/mol. The highest BCUT2D eigenvalue weighted by molar-refractivity contribution is 5.94. The fourth-order valence-electron chi connectivity index (χ4n) is 1.32. The second-order valence-corrected chi connectivity index (χ2v) is 4.06. The van der Waals surface area contributed by atoms with E-state index in [1.807, 2.05) is 0 Å². The van der Waals surface area contributed by atoms with Crippen LogP contribution in [0.25, 0.3) is 0 Å². The number of carboxylic acids is 1. The molecular weight excluding hydrogens is 262 g/mol. The molecular formula is C14H15NO5. The molecule has 1 aromatic rings. The first kappa shape index (κ1) is 15.4. The number of amides is 1. The number of carboxylic acid groups (broad SMARTS) is 1. The summed E-state index contributed by atoms with van der Waals surface area (Å²) < 4.78 is 4.92. The van der Waals surface area contributed by atoms with Crippen LogP contribution in [0, 0.1) is 0 Å². The van der Waals surface area contributed by atoms with E-state index in [0.717, 1.165) is 0 Å². The first-order chi connectivity index (χ1) is 9.41. The topological polar surface area (TPSA) is 92.7 Å². The van der Waals surface area contributed by atoms with Gasteiger partial charge in [-0.2, -0.15) is 0 Å². The van der Waals surface area contributed by atoms with Gasteiger partial charge in [0.2, 0.25) is 5.91 Å². The van der Waals surface area contributed by atoms with Gasteiger partial charge in [0, 0.05) is 5.57 Å². The predicted octanol–water partition coefficient (Wildman–Crippen LogP) is 1.23. The number of aromatic carboxylic acids is 1. The van der Waals surface area contributed by atoms with Gasteiger partial charge in [0.1, 0.15) is 6.61 Å². The summed E-state index contributed by atoms with van der Waals surface area (Å²) in [6.07, 6.45) is 0. The maximum atomic E-state index is 11.7. The molecule has 0 bridgehead atoms. The van der Waals surface area contributed by atoms with Crippen molar-refractivity contribution < 1.29 is 24.2 Å². The third-order valence-electron chi connectivity index (χ3n) is 2.35. The molecule has 1 amide bonds. The van der Waals surface area contributed by atoms with Gasteiger partial charge in [-0.05, 0) is 25.1 Å². The minimum Gasteiger partial charge on any atom is -0.478 e. The Hall–Kier alpha value is -2.63. The Labute approximate surface area is 116 Å². The maximum Gasteiger partial charge on any atom is 0.338 e. The van der Waals surface area contributed by atoms with Crippen LogP contribution in [0.1, 0.15) is 27.6 Å². The number of hydrogen-bond donors (Lipinski definition) is 2. The van der Waals surface area contributed by atoms with Crippen molar-refractivity contribution in [2.24, 2.45) is 0 Å². The second-order valence-electron chi connectivity index (χ2n) is 4.06. The van der Waals surface area contributed by atoms with E-state index in [0.29, 0.717) is 5.57 Å². The summed E-state index contributed by atoms with van der Waals surface area (Å²) in [5.74, 6) is -2.07. The molecule has 6 nitrogen and oxygen atoms in total. The third-order valence-corrected chi connectivity index (χ3v) is 2.35. The standard InChI is InChI=1S/C14H15NO5/c1-9(2)12(16)15-6-7-20-14(19)11-5-3-4-10(8-11)13(17)18/h3-5,8H,1,6-7H2,2H3,(H,15,16)(H,17,18). The summed E-state index contributed by atoms with van der Waals surface area (Å²) in [5, 5.41) is 11.3. The van der Waals surface area contributed by atoms with Gasteiger partial charge in [-0.25, -0.2) is 9.59 Å². The van der Waals surface area contributed by atoms with Gasteiger partial charge in [0.25, 0.3) is 0 Å². The third kappa shape index (κ3) is 4.56. The summed E-state index contributed by atoms with van der Waals surface area (Å²) in [5.41, 5.74) is 0.525. The van der Waals surface area contributed by atoms with Gasteiger partial charge in [0.05, 0.1) is 17.7 Å². The molecule has 6 heteroatoms. The molecule has 20 heavy (non-hydrogen) atoms. The highest BCUT2D eigenvalue weighted by Crippen LogP contribution is 2.06. The first-order valence-electron chi connectivity index (χ1n) is 5.86. The van der Waals surface area contributed by atoms with E-state index in [1.54, 1.807) is 6.92 Å². The first-order valence-corrected chi connectivity index (χ1v) is 5.86. The number of ether oxygens (including phenoxy) is 1. The number of rotatable bonds is 6. The quantitative estimate of drug-likeness (QED) is 0.463. The molecule has 1 aromatic carbocycles. The van der Waals surface area contributed by atoms with Crippen molar-refractivity contribution in [2.45, 2.75) is 6.92 Å². The van der Waals surface area contributed by atoms with Gasteiger partial charge in [-0.15, -0.1) is 0 Å². The molecule has 0 saturated heterocycles. The summed E-state index contributed by atoms with van der Waals surface area (Å²) in [6, 6.07) is 5.54. The molecule has 0 aliphatic rings. The largest absolute Gasteiger partial charge is 0.478 e. The molecule has 0 unspecified atom stereocenters. The number of carbonyl (C=O) groups excluding carboxylic acids is 2. The number of benzene rings is 1. The summed E-state index contributed by atoms with van der Waals surface area (Å²) >= 11 is 0. The Kier molecular flexibility index (Phi) is 5.46. The molecule has 0 spiro atoms. The molecule has 1 rings (SSSR count). The predicted molar refractivity (Wildman–Crippen MR) is 71.5 cm³/mol. The molecule has 0 fully saturated rings. The Bertz CT molecular complexity index is 550. The van der Waals surface area contributed by atoms with Gasteiger partial charge in [0.15, 0.2) is 0 Å². The number of carbonyl (C=O) groups is 3. The van der Waals surface area contributed by atoms with E-state index in [-0.39, 0.29) is 30.2 Å². The van der Waals surface area contributed by atoms with Crippen LogP contribution in [0.2, 0.25) is 0 Å². The molecule has 0 atom stereocenters. The van der Waals surface area contributed by atoms with Gasteiger partial charge < -0.3 is 15.2 Å². The normalized spacial score (nSPS) is 9.65. The summed E-state index contributed by atoms with van der Waals surface area (Å²) in [4.78, 5) is 33.6. The molecule has 0 heterocycles. The van der Waals surface area contributed by atoms with Crippen LogP contribution in [-0.4, -0.2) is 36.1 Å². The van der Waals surface area contributed by atoms with Gasteiger partial charge in [-0.1, -0.05) is 12.6 Å². The zero-order valence-corrected chi connectivity index (χ0v) is 11.0. The molecule has 0 radical (unpaired) electrons. The van der Waals surface area contributed by atoms with Crippen molar-refractivity contribution in [3.63, 3.8) is 0 Å². The van der Waals surface area contributed by atoms with Crippen LogP contribution in [-0.2, 0) is 9.53 Å². The highest BCUT2D eigenvalue weighted by Gasteiger charge is 2.10. The number of nitrogens with one attached hydrogen (secondary N) is 1. The van der Waals surface area contributed by atoms with Crippen LogP contribution in [0.15, 0.2) is 36.4 Å². The Morgan fingerprint density at radius 2 is 1.95 bits per heavy atom. The zero-order chi connectivity index (χ0) is 15.1. The highest BCUT2D eigenvalue weighted by atomic mass is 16.5. The van der Waals surface area contributed by atoms with Crippen molar-refractivity contribution in [1.29, 1.82) is 0 Å². The van der Waals surface area contributed by atoms with Crippen LogP contribution in [0.5, 0.6) is 0 Å². The molecule has 106 valence electrons. The van der Waals surface area contributed by atoms with E-state index in [4.69, 9.17) is 9.84 Å². The smallest absolute Gasteiger partial charge is 0.338 e. The summed E-state index contributed by atoms with van der Waals surface area (Å²) in [6.45, 7) is 5.19. The lowest BCUT2D eigenvalue weighted by Crippen LogP contribution is -2.28. The molecule has 0 aliphatic carbocycles. The molecule has 2 N–H and O–H groups in total. The van der Waals surface area contributed by atoms with E-state index < -0.39 is 11.9 Å². The van der Waals surface area contributed by atoms with E-state index in [9.17, 15) is 14.4 Å². The minimum absolute atomic E-state index is 0.00481. The van der Waals surface area contributed by atoms with Crippen LogP contribution < -0.4 is 5.32 Å². The lowest BCUT2D eigenvalue weighted by Gasteiger charge is -2.07. The second kappa shape index (κ2) is 7.08. The van der Waals surface area contributed by atoms with Crippen LogP contribution in [0.3, 0.4) is 0 Å². The van der Waals surface area contributed by atoms with Crippen molar-refractivity contribution >= 4 is 17.8 Å². The van der Waals surface area contributed by atoms with Crippen LogP contribution >= 0.6 is 0 Å². The zero-order valence-electron chi connectivity index (χ0n) is 11.0. The van der Waals surface area contributed by atoms with Gasteiger partial charge >= 0.3 is 11.9 Å². The Morgan fingerprint density at radius 1 is 1.30 bits per heavy atom. The lowest BCUT2D eigenvalue weighted by molar-refractivity contribution is -0.117. The lowest BCUT2D eigenvalue weighted by atomic mass is 10.1.